The zero-order valence-electron chi connectivity index (χ0n) is 13.5. The minimum Gasteiger partial charge on any atom is -0.338 e. The van der Waals surface area contributed by atoms with Crippen molar-refractivity contribution in [1.82, 2.24) is 14.5 Å². The number of carbonyl (C=O) groups excluding carboxylic acids is 1. The molecule has 0 spiro atoms. The first kappa shape index (κ1) is 13.8. The van der Waals surface area contributed by atoms with Crippen molar-refractivity contribution in [3.63, 3.8) is 0 Å². The van der Waals surface area contributed by atoms with Crippen molar-refractivity contribution in [3.8, 4) is 0 Å². The zero-order chi connectivity index (χ0) is 15.4. The highest BCUT2D eigenvalue weighted by atomic mass is 16.2. The summed E-state index contributed by atoms with van der Waals surface area (Å²) in [5.74, 6) is 2.60. The highest BCUT2D eigenvalue weighted by molar-refractivity contribution is 5.97. The molecular weight excluding hydrogens is 274 g/mol. The van der Waals surface area contributed by atoms with Crippen LogP contribution in [0.5, 0.6) is 0 Å². The summed E-state index contributed by atoms with van der Waals surface area (Å²) in [5.41, 5.74) is 2.76. The molecule has 2 aromatic rings. The molecular formula is C18H23N3O. The summed E-state index contributed by atoms with van der Waals surface area (Å²) in [6.07, 6.45) is 5.16. The first-order chi connectivity index (χ1) is 10.6. The van der Waals surface area contributed by atoms with Gasteiger partial charge in [-0.15, -0.1) is 0 Å². The third kappa shape index (κ3) is 2.21. The molecule has 0 unspecified atom stereocenters. The van der Waals surface area contributed by atoms with E-state index in [0.717, 1.165) is 34.3 Å². The van der Waals surface area contributed by atoms with Gasteiger partial charge in [-0.25, -0.2) is 4.98 Å². The van der Waals surface area contributed by atoms with E-state index >= 15 is 0 Å². The van der Waals surface area contributed by atoms with Gasteiger partial charge in [0.25, 0.3) is 5.91 Å². The Morgan fingerprint density at radius 3 is 2.50 bits per heavy atom. The lowest BCUT2D eigenvalue weighted by atomic mass is 10.0. The molecule has 2 saturated carbocycles. The average Bonchev–Trinajstić information content (AvgIpc) is 3.40. The predicted octanol–water partition coefficient (Wildman–Crippen LogP) is 3.14. The van der Waals surface area contributed by atoms with Gasteiger partial charge in [0.1, 0.15) is 5.82 Å². The summed E-state index contributed by atoms with van der Waals surface area (Å²) < 4.78 is 2.06. The van der Waals surface area contributed by atoms with Crippen molar-refractivity contribution in [2.45, 2.75) is 38.6 Å². The van der Waals surface area contributed by atoms with Crippen LogP contribution in [0.4, 0.5) is 0 Å². The predicted molar refractivity (Wildman–Crippen MR) is 86.8 cm³/mol. The number of hydrogen-bond donors (Lipinski definition) is 0. The molecule has 4 nitrogen and oxygen atoms in total. The molecule has 1 amide bonds. The first-order valence-corrected chi connectivity index (χ1v) is 8.26. The van der Waals surface area contributed by atoms with Crippen LogP contribution < -0.4 is 0 Å². The SMILES string of the molecule is Cc1nc2cc(C(=O)N(C)C(C3CC3)C3CC3)ccc2n1C. The number of aryl methyl sites for hydroxylation is 2. The fourth-order valence-electron chi connectivity index (χ4n) is 3.69. The summed E-state index contributed by atoms with van der Waals surface area (Å²) >= 11 is 0. The molecule has 22 heavy (non-hydrogen) atoms. The van der Waals surface area contributed by atoms with Crippen molar-refractivity contribution in [2.24, 2.45) is 18.9 Å². The van der Waals surface area contributed by atoms with E-state index in [1.165, 1.54) is 25.7 Å². The molecule has 0 atom stereocenters. The van der Waals surface area contributed by atoms with Gasteiger partial charge in [-0.1, -0.05) is 0 Å². The second-order valence-electron chi connectivity index (χ2n) is 7.00. The Bertz CT molecular complexity index is 728. The van der Waals surface area contributed by atoms with Crippen LogP contribution >= 0.6 is 0 Å². The van der Waals surface area contributed by atoms with Crippen LogP contribution in [-0.4, -0.2) is 33.4 Å². The molecule has 1 heterocycles. The Morgan fingerprint density at radius 2 is 1.91 bits per heavy atom. The van der Waals surface area contributed by atoms with Gasteiger partial charge in [0, 0.05) is 25.7 Å². The van der Waals surface area contributed by atoms with Crippen LogP contribution in [0.1, 0.15) is 41.9 Å². The summed E-state index contributed by atoms with van der Waals surface area (Å²) in [6.45, 7) is 1.99. The third-order valence-corrected chi connectivity index (χ3v) is 5.33. The quantitative estimate of drug-likeness (QED) is 0.869. The summed E-state index contributed by atoms with van der Waals surface area (Å²) in [5, 5.41) is 0. The summed E-state index contributed by atoms with van der Waals surface area (Å²) in [4.78, 5) is 19.4. The molecule has 0 saturated heterocycles. The van der Waals surface area contributed by atoms with Crippen LogP contribution in [0.3, 0.4) is 0 Å². The lowest BCUT2D eigenvalue weighted by Gasteiger charge is -2.28. The van der Waals surface area contributed by atoms with Crippen LogP contribution in [-0.2, 0) is 7.05 Å². The van der Waals surface area contributed by atoms with Crippen molar-refractivity contribution in [1.29, 1.82) is 0 Å². The number of carbonyl (C=O) groups is 1. The standard InChI is InChI=1S/C18H23N3O/c1-11-19-15-10-14(8-9-16(15)20(11)2)18(22)21(3)17(12-4-5-12)13-6-7-13/h8-10,12-13,17H,4-7H2,1-3H3. The van der Waals surface area contributed by atoms with Crippen LogP contribution in [0.15, 0.2) is 18.2 Å². The van der Waals surface area contributed by atoms with E-state index < -0.39 is 0 Å². The number of amides is 1. The number of imidazole rings is 1. The van der Waals surface area contributed by atoms with Gasteiger partial charge in [-0.3, -0.25) is 4.79 Å². The molecule has 116 valence electrons. The normalized spacial score (nSPS) is 18.2. The Hall–Kier alpha value is -1.84. The molecule has 1 aromatic carbocycles. The number of benzene rings is 1. The van der Waals surface area contributed by atoms with Crippen LogP contribution in [0.2, 0.25) is 0 Å². The van der Waals surface area contributed by atoms with Gasteiger partial charge in [-0.05, 0) is 62.6 Å². The monoisotopic (exact) mass is 297 g/mol. The van der Waals surface area contributed by atoms with Gasteiger partial charge in [-0.2, -0.15) is 0 Å². The zero-order valence-corrected chi connectivity index (χ0v) is 13.5. The van der Waals surface area contributed by atoms with Gasteiger partial charge >= 0.3 is 0 Å². The molecule has 2 fully saturated rings. The molecule has 2 aliphatic carbocycles. The van der Waals surface area contributed by atoms with E-state index in [4.69, 9.17) is 0 Å². The summed E-state index contributed by atoms with van der Waals surface area (Å²) in [7, 11) is 3.99. The lowest BCUT2D eigenvalue weighted by molar-refractivity contribution is 0.0690. The number of aromatic nitrogens is 2. The van der Waals surface area contributed by atoms with E-state index in [9.17, 15) is 4.79 Å². The van der Waals surface area contributed by atoms with Gasteiger partial charge in [0.2, 0.25) is 0 Å². The maximum Gasteiger partial charge on any atom is 0.253 e. The second kappa shape index (κ2) is 4.83. The van der Waals surface area contributed by atoms with E-state index in [1.54, 1.807) is 0 Å². The van der Waals surface area contributed by atoms with Gasteiger partial charge in [0.15, 0.2) is 0 Å². The lowest BCUT2D eigenvalue weighted by Crippen LogP contribution is -2.40. The number of nitrogens with zero attached hydrogens (tertiary/aromatic N) is 3. The van der Waals surface area contributed by atoms with Crippen LogP contribution in [0.25, 0.3) is 11.0 Å². The first-order valence-electron chi connectivity index (χ1n) is 8.26. The second-order valence-corrected chi connectivity index (χ2v) is 7.00. The molecule has 1 aromatic heterocycles. The molecule has 0 N–H and O–H groups in total. The highest BCUT2D eigenvalue weighted by Crippen LogP contribution is 2.47. The fourth-order valence-corrected chi connectivity index (χ4v) is 3.69. The third-order valence-electron chi connectivity index (χ3n) is 5.33. The minimum atomic E-state index is 0.147. The van der Waals surface area contributed by atoms with E-state index in [0.29, 0.717) is 6.04 Å². The maximum atomic E-state index is 12.9. The van der Waals surface area contributed by atoms with Crippen LogP contribution in [0, 0.1) is 18.8 Å². The van der Waals surface area contributed by atoms with Crippen molar-refractivity contribution in [2.75, 3.05) is 7.05 Å². The number of fused-ring (bicyclic) bond motifs is 1. The minimum absolute atomic E-state index is 0.147. The van der Waals surface area contributed by atoms with E-state index in [2.05, 4.69) is 9.55 Å². The Morgan fingerprint density at radius 1 is 1.27 bits per heavy atom. The maximum absolute atomic E-state index is 12.9. The van der Waals surface area contributed by atoms with E-state index in [1.807, 2.05) is 44.1 Å². The molecule has 0 aliphatic heterocycles. The van der Waals surface area contributed by atoms with Crippen molar-refractivity contribution < 1.29 is 4.79 Å². The molecule has 2 aliphatic rings. The Labute approximate surface area is 131 Å². The molecule has 0 radical (unpaired) electrons. The Balaban J connectivity index is 1.63. The van der Waals surface area contributed by atoms with Gasteiger partial charge < -0.3 is 9.47 Å². The smallest absolute Gasteiger partial charge is 0.253 e. The summed E-state index contributed by atoms with van der Waals surface area (Å²) in [6, 6.07) is 6.35. The largest absolute Gasteiger partial charge is 0.338 e. The topological polar surface area (TPSA) is 38.1 Å². The molecule has 4 rings (SSSR count). The van der Waals surface area contributed by atoms with E-state index in [-0.39, 0.29) is 5.91 Å². The molecule has 0 bridgehead atoms. The number of hydrogen-bond acceptors (Lipinski definition) is 2. The van der Waals surface area contributed by atoms with Gasteiger partial charge in [0.05, 0.1) is 11.0 Å². The fraction of sp³-hybridized carbons (Fsp3) is 0.556. The Kier molecular flexibility index (Phi) is 3.03. The van der Waals surface area contributed by atoms with Crippen molar-refractivity contribution >= 4 is 16.9 Å². The average molecular weight is 297 g/mol. The molecule has 4 heteroatoms. The highest BCUT2D eigenvalue weighted by Gasteiger charge is 2.45. The number of rotatable bonds is 4. The van der Waals surface area contributed by atoms with Crippen molar-refractivity contribution in [3.05, 3.63) is 29.6 Å².